The number of sulfone groups is 1. The monoisotopic (exact) mass is 324 g/mol. The van der Waals surface area contributed by atoms with Gasteiger partial charge in [-0.2, -0.15) is 0 Å². The number of carbonyl (C=O) groups is 1. The van der Waals surface area contributed by atoms with E-state index < -0.39 is 9.84 Å². The number of carbonyl (C=O) groups excluding carboxylic acids is 1. The quantitative estimate of drug-likeness (QED) is 0.908. The SMILES string of the molecule is Cc1ccc(CNC(=O)Nc2ccc(S(C)(=O)=O)cc2)s1. The van der Waals surface area contributed by atoms with Gasteiger partial charge in [0.2, 0.25) is 0 Å². The van der Waals surface area contributed by atoms with E-state index in [2.05, 4.69) is 10.6 Å². The van der Waals surface area contributed by atoms with Crippen molar-refractivity contribution in [1.82, 2.24) is 5.32 Å². The van der Waals surface area contributed by atoms with Gasteiger partial charge in [-0.1, -0.05) is 0 Å². The normalized spacial score (nSPS) is 11.1. The summed E-state index contributed by atoms with van der Waals surface area (Å²) < 4.78 is 22.7. The van der Waals surface area contributed by atoms with E-state index in [1.807, 2.05) is 19.1 Å². The summed E-state index contributed by atoms with van der Waals surface area (Å²) >= 11 is 1.63. The molecule has 0 radical (unpaired) electrons. The van der Waals surface area contributed by atoms with E-state index in [4.69, 9.17) is 0 Å². The molecule has 1 heterocycles. The van der Waals surface area contributed by atoms with E-state index in [0.29, 0.717) is 12.2 Å². The summed E-state index contributed by atoms with van der Waals surface area (Å²) in [5.41, 5.74) is 0.544. The summed E-state index contributed by atoms with van der Waals surface area (Å²) in [4.78, 5) is 14.2. The molecule has 2 rings (SSSR count). The van der Waals surface area contributed by atoms with Crippen molar-refractivity contribution in [1.29, 1.82) is 0 Å². The first-order chi connectivity index (χ1) is 9.84. The maximum Gasteiger partial charge on any atom is 0.319 e. The van der Waals surface area contributed by atoms with E-state index in [0.717, 1.165) is 11.1 Å². The first-order valence-corrected chi connectivity index (χ1v) is 8.96. The zero-order valence-corrected chi connectivity index (χ0v) is 13.3. The maximum absolute atomic E-state index is 11.7. The van der Waals surface area contributed by atoms with Gasteiger partial charge in [0.15, 0.2) is 9.84 Å². The van der Waals surface area contributed by atoms with Crippen LogP contribution in [0.5, 0.6) is 0 Å². The van der Waals surface area contributed by atoms with Crippen molar-refractivity contribution in [3.63, 3.8) is 0 Å². The first kappa shape index (κ1) is 15.5. The van der Waals surface area contributed by atoms with Crippen LogP contribution >= 0.6 is 11.3 Å². The van der Waals surface area contributed by atoms with E-state index in [1.54, 1.807) is 23.5 Å². The molecule has 0 saturated heterocycles. The first-order valence-electron chi connectivity index (χ1n) is 6.25. The number of rotatable bonds is 4. The van der Waals surface area contributed by atoms with Gasteiger partial charge in [-0.3, -0.25) is 0 Å². The minimum Gasteiger partial charge on any atom is -0.333 e. The highest BCUT2D eigenvalue weighted by molar-refractivity contribution is 7.90. The molecular formula is C14H16N2O3S2. The predicted octanol–water partition coefficient (Wildman–Crippen LogP) is 2.78. The highest BCUT2D eigenvalue weighted by Crippen LogP contribution is 2.15. The van der Waals surface area contributed by atoms with Crippen molar-refractivity contribution < 1.29 is 13.2 Å². The highest BCUT2D eigenvalue weighted by atomic mass is 32.2. The molecule has 0 aliphatic heterocycles. The van der Waals surface area contributed by atoms with Crippen LogP contribution in [-0.4, -0.2) is 20.7 Å². The van der Waals surface area contributed by atoms with Gasteiger partial charge < -0.3 is 10.6 Å². The molecule has 21 heavy (non-hydrogen) atoms. The molecule has 1 aromatic carbocycles. The number of urea groups is 1. The van der Waals surface area contributed by atoms with Gasteiger partial charge in [0.1, 0.15) is 0 Å². The Morgan fingerprint density at radius 2 is 1.81 bits per heavy atom. The average Bonchev–Trinajstić information content (AvgIpc) is 2.82. The van der Waals surface area contributed by atoms with Gasteiger partial charge >= 0.3 is 6.03 Å². The number of aryl methyl sites for hydroxylation is 1. The Kier molecular flexibility index (Phi) is 4.64. The lowest BCUT2D eigenvalue weighted by molar-refractivity contribution is 0.252. The number of hydrogen-bond donors (Lipinski definition) is 2. The molecule has 0 bridgehead atoms. The lowest BCUT2D eigenvalue weighted by Gasteiger charge is -2.07. The van der Waals surface area contributed by atoms with Crippen molar-refractivity contribution in [3.05, 3.63) is 46.2 Å². The molecular weight excluding hydrogens is 308 g/mol. The third kappa shape index (κ3) is 4.57. The molecule has 0 fully saturated rings. The van der Waals surface area contributed by atoms with Gasteiger partial charge in [0.05, 0.1) is 11.4 Å². The molecule has 2 N–H and O–H groups in total. The molecule has 1 aromatic heterocycles. The van der Waals surface area contributed by atoms with Crippen LogP contribution in [0.25, 0.3) is 0 Å². The third-order valence-electron chi connectivity index (χ3n) is 2.76. The highest BCUT2D eigenvalue weighted by Gasteiger charge is 2.07. The number of nitrogens with one attached hydrogen (secondary N) is 2. The van der Waals surface area contributed by atoms with Gasteiger partial charge in [0, 0.05) is 21.7 Å². The molecule has 2 aromatic rings. The van der Waals surface area contributed by atoms with Crippen molar-refractivity contribution in [2.45, 2.75) is 18.4 Å². The fraction of sp³-hybridized carbons (Fsp3) is 0.214. The average molecular weight is 324 g/mol. The second-order valence-corrected chi connectivity index (χ2v) is 8.00. The summed E-state index contributed by atoms with van der Waals surface area (Å²) in [6.45, 7) is 2.48. The molecule has 0 aliphatic rings. The summed E-state index contributed by atoms with van der Waals surface area (Å²) in [5, 5.41) is 5.41. The fourth-order valence-corrected chi connectivity index (χ4v) is 3.17. The standard InChI is InChI=1S/C14H16N2O3S2/c1-10-3-6-12(20-10)9-15-14(17)16-11-4-7-13(8-5-11)21(2,18)19/h3-8H,9H2,1-2H3,(H2,15,16,17). The van der Waals surface area contributed by atoms with Crippen LogP contribution in [0.1, 0.15) is 9.75 Å². The zero-order chi connectivity index (χ0) is 15.5. The summed E-state index contributed by atoms with van der Waals surface area (Å²) in [6.07, 6.45) is 1.14. The Balaban J connectivity index is 1.90. The Labute approximate surface area is 127 Å². The lowest BCUT2D eigenvalue weighted by Crippen LogP contribution is -2.27. The molecule has 0 unspecified atom stereocenters. The Bertz CT molecular complexity index is 734. The number of thiophene rings is 1. The van der Waals surface area contributed by atoms with Crippen LogP contribution in [0.15, 0.2) is 41.3 Å². The lowest BCUT2D eigenvalue weighted by atomic mass is 10.3. The van der Waals surface area contributed by atoms with Crippen LogP contribution in [0, 0.1) is 6.92 Å². The fourth-order valence-electron chi connectivity index (χ4n) is 1.71. The molecule has 7 heteroatoms. The van der Waals surface area contributed by atoms with E-state index in [1.165, 1.54) is 17.0 Å². The van der Waals surface area contributed by atoms with Crippen LogP contribution in [0.2, 0.25) is 0 Å². The molecule has 2 amide bonds. The van der Waals surface area contributed by atoms with Crippen LogP contribution in [0.4, 0.5) is 10.5 Å². The van der Waals surface area contributed by atoms with E-state index >= 15 is 0 Å². The topological polar surface area (TPSA) is 75.3 Å². The van der Waals surface area contributed by atoms with E-state index in [9.17, 15) is 13.2 Å². The van der Waals surface area contributed by atoms with Gasteiger partial charge in [0.25, 0.3) is 0 Å². The second kappa shape index (κ2) is 6.28. The zero-order valence-electron chi connectivity index (χ0n) is 11.7. The number of benzene rings is 1. The Morgan fingerprint density at radius 3 is 2.33 bits per heavy atom. The van der Waals surface area contributed by atoms with Gasteiger partial charge in [-0.25, -0.2) is 13.2 Å². The Morgan fingerprint density at radius 1 is 1.14 bits per heavy atom. The number of amides is 2. The molecule has 0 saturated carbocycles. The second-order valence-electron chi connectivity index (χ2n) is 4.62. The summed E-state index contributed by atoms with van der Waals surface area (Å²) in [6, 6.07) is 9.70. The predicted molar refractivity (Wildman–Crippen MR) is 84.5 cm³/mol. The molecule has 112 valence electrons. The number of hydrogen-bond acceptors (Lipinski definition) is 4. The summed E-state index contributed by atoms with van der Waals surface area (Å²) in [5.74, 6) is 0. The molecule has 0 aliphatic carbocycles. The maximum atomic E-state index is 11.7. The molecule has 0 spiro atoms. The van der Waals surface area contributed by atoms with Crippen molar-refractivity contribution in [2.75, 3.05) is 11.6 Å². The third-order valence-corrected chi connectivity index (χ3v) is 4.89. The van der Waals surface area contributed by atoms with Crippen molar-refractivity contribution in [3.8, 4) is 0 Å². The van der Waals surface area contributed by atoms with Gasteiger partial charge in [-0.15, -0.1) is 11.3 Å². The number of anilines is 1. The minimum atomic E-state index is -3.22. The molecule has 5 nitrogen and oxygen atoms in total. The summed E-state index contributed by atoms with van der Waals surface area (Å²) in [7, 11) is -3.22. The van der Waals surface area contributed by atoms with E-state index in [-0.39, 0.29) is 10.9 Å². The van der Waals surface area contributed by atoms with Crippen molar-refractivity contribution in [2.24, 2.45) is 0 Å². The molecule has 0 atom stereocenters. The van der Waals surface area contributed by atoms with Crippen molar-refractivity contribution >= 4 is 32.9 Å². The largest absolute Gasteiger partial charge is 0.333 e. The van der Waals surface area contributed by atoms with Crippen LogP contribution < -0.4 is 10.6 Å². The van der Waals surface area contributed by atoms with Crippen LogP contribution in [0.3, 0.4) is 0 Å². The van der Waals surface area contributed by atoms with Crippen LogP contribution in [-0.2, 0) is 16.4 Å². The smallest absolute Gasteiger partial charge is 0.319 e. The Hall–Kier alpha value is -1.86. The van der Waals surface area contributed by atoms with Gasteiger partial charge in [-0.05, 0) is 43.3 Å². The minimum absolute atomic E-state index is 0.225.